The Morgan fingerprint density at radius 3 is 2.50 bits per heavy atom. The summed E-state index contributed by atoms with van der Waals surface area (Å²) in [5.74, 6) is 0. The van der Waals surface area contributed by atoms with Gasteiger partial charge < -0.3 is 5.73 Å². The molecule has 0 bridgehead atoms. The van der Waals surface area contributed by atoms with Crippen LogP contribution in [-0.4, -0.2) is 0 Å². The van der Waals surface area contributed by atoms with E-state index >= 15 is 0 Å². The third-order valence-corrected chi connectivity index (χ3v) is 2.74. The summed E-state index contributed by atoms with van der Waals surface area (Å²) in [5.41, 5.74) is 4.95. The molecule has 0 aliphatic rings. The second-order valence-electron chi connectivity index (χ2n) is 3.67. The minimum absolute atomic E-state index is 0. The number of halogens is 5. The summed E-state index contributed by atoms with van der Waals surface area (Å²) in [4.78, 5) is 0. The fourth-order valence-corrected chi connectivity index (χ4v) is 1.92. The van der Waals surface area contributed by atoms with E-state index in [0.717, 1.165) is 6.07 Å². The van der Waals surface area contributed by atoms with E-state index in [9.17, 15) is 13.2 Å². The molecule has 0 saturated carbocycles. The van der Waals surface area contributed by atoms with Gasteiger partial charge in [-0.1, -0.05) is 23.7 Å². The summed E-state index contributed by atoms with van der Waals surface area (Å²) < 4.78 is 38.3. The Morgan fingerprint density at radius 1 is 1.39 bits per heavy atom. The molecular weight excluding hydrogens is 286 g/mol. The van der Waals surface area contributed by atoms with Crippen molar-refractivity contribution in [2.24, 2.45) is 5.73 Å². The molecule has 0 spiro atoms. The lowest BCUT2D eigenvalue weighted by atomic mass is 9.97. The minimum atomic E-state index is -4.44. The molecule has 18 heavy (non-hydrogen) atoms. The van der Waals surface area contributed by atoms with E-state index in [2.05, 4.69) is 6.58 Å². The van der Waals surface area contributed by atoms with Crippen molar-refractivity contribution < 1.29 is 13.2 Å². The number of rotatable bonds is 4. The average molecular weight is 300 g/mol. The number of nitrogens with two attached hydrogens (primary N) is 1. The number of benzene rings is 1. The highest BCUT2D eigenvalue weighted by Gasteiger charge is 2.35. The minimum Gasteiger partial charge on any atom is -0.324 e. The van der Waals surface area contributed by atoms with Gasteiger partial charge >= 0.3 is 6.18 Å². The second-order valence-corrected chi connectivity index (χ2v) is 4.08. The highest BCUT2D eigenvalue weighted by Crippen LogP contribution is 2.38. The van der Waals surface area contributed by atoms with Crippen LogP contribution in [0.4, 0.5) is 13.2 Å². The van der Waals surface area contributed by atoms with Crippen LogP contribution in [0.15, 0.2) is 30.9 Å². The lowest BCUT2D eigenvalue weighted by Gasteiger charge is -2.19. The van der Waals surface area contributed by atoms with Crippen molar-refractivity contribution in [3.63, 3.8) is 0 Å². The van der Waals surface area contributed by atoms with Crippen molar-refractivity contribution in [2.75, 3.05) is 0 Å². The van der Waals surface area contributed by atoms with Crippen LogP contribution in [0.3, 0.4) is 0 Å². The van der Waals surface area contributed by atoms with E-state index < -0.39 is 17.8 Å². The second kappa shape index (κ2) is 7.02. The van der Waals surface area contributed by atoms with Crippen molar-refractivity contribution in [3.8, 4) is 0 Å². The first kappa shape index (κ1) is 17.3. The van der Waals surface area contributed by atoms with Crippen LogP contribution in [0.5, 0.6) is 0 Å². The van der Waals surface area contributed by atoms with E-state index in [1.165, 1.54) is 12.1 Å². The zero-order valence-electron chi connectivity index (χ0n) is 9.51. The maximum atomic E-state index is 12.8. The quantitative estimate of drug-likeness (QED) is 0.798. The molecule has 1 atom stereocenters. The molecule has 0 amide bonds. The van der Waals surface area contributed by atoms with E-state index in [-0.39, 0.29) is 23.0 Å². The fourth-order valence-electron chi connectivity index (χ4n) is 1.60. The molecule has 0 aromatic heterocycles. The molecule has 0 saturated heterocycles. The van der Waals surface area contributed by atoms with Crippen LogP contribution in [0.1, 0.15) is 30.0 Å². The number of hydrogen-bond donors (Lipinski definition) is 1. The zero-order valence-corrected chi connectivity index (χ0v) is 11.1. The lowest BCUT2D eigenvalue weighted by Crippen LogP contribution is -2.18. The monoisotopic (exact) mass is 299 g/mol. The summed E-state index contributed by atoms with van der Waals surface area (Å²) in [7, 11) is 0. The fraction of sp³-hybridized carbons (Fsp3) is 0.333. The van der Waals surface area contributed by atoms with E-state index in [0.29, 0.717) is 12.8 Å². The third-order valence-electron chi connectivity index (χ3n) is 2.41. The molecule has 1 aromatic rings. The van der Waals surface area contributed by atoms with Crippen molar-refractivity contribution in [1.29, 1.82) is 0 Å². The van der Waals surface area contributed by atoms with Crippen LogP contribution >= 0.6 is 24.0 Å². The molecule has 1 nitrogen and oxygen atoms in total. The molecule has 2 N–H and O–H groups in total. The van der Waals surface area contributed by atoms with Crippen molar-refractivity contribution in [1.82, 2.24) is 0 Å². The largest absolute Gasteiger partial charge is 0.416 e. The van der Waals surface area contributed by atoms with Gasteiger partial charge in [0.05, 0.1) is 5.56 Å². The Balaban J connectivity index is 0.00000289. The van der Waals surface area contributed by atoms with Gasteiger partial charge in [-0.2, -0.15) is 13.2 Å². The SMILES string of the molecule is C=CCC[C@@H](N)c1c(Cl)cccc1C(F)(F)F.Cl. The van der Waals surface area contributed by atoms with E-state index in [1.54, 1.807) is 6.08 Å². The first-order valence-electron chi connectivity index (χ1n) is 5.10. The number of allylic oxidation sites excluding steroid dienone is 1. The Kier molecular flexibility index (Phi) is 6.74. The summed E-state index contributed by atoms with van der Waals surface area (Å²) >= 11 is 5.80. The number of hydrogen-bond acceptors (Lipinski definition) is 1. The average Bonchev–Trinajstić information content (AvgIpc) is 2.24. The maximum Gasteiger partial charge on any atom is 0.416 e. The van der Waals surface area contributed by atoms with Gasteiger partial charge in [0.1, 0.15) is 0 Å². The highest BCUT2D eigenvalue weighted by molar-refractivity contribution is 6.31. The van der Waals surface area contributed by atoms with Gasteiger partial charge in [-0.15, -0.1) is 19.0 Å². The summed E-state index contributed by atoms with van der Waals surface area (Å²) in [6, 6.07) is 2.95. The first-order valence-corrected chi connectivity index (χ1v) is 5.47. The smallest absolute Gasteiger partial charge is 0.324 e. The molecular formula is C12H14Cl2F3N. The van der Waals surface area contributed by atoms with Crippen molar-refractivity contribution in [2.45, 2.75) is 25.1 Å². The first-order chi connectivity index (χ1) is 7.88. The van der Waals surface area contributed by atoms with Crippen molar-refractivity contribution >= 4 is 24.0 Å². The van der Waals surface area contributed by atoms with Crippen LogP contribution < -0.4 is 5.73 Å². The van der Waals surface area contributed by atoms with Crippen molar-refractivity contribution in [3.05, 3.63) is 47.0 Å². The summed E-state index contributed by atoms with van der Waals surface area (Å²) in [6.45, 7) is 3.51. The van der Waals surface area contributed by atoms with Gasteiger partial charge in [-0.3, -0.25) is 0 Å². The number of alkyl halides is 3. The van der Waals surface area contributed by atoms with Gasteiger partial charge in [0.15, 0.2) is 0 Å². The Hall–Kier alpha value is -0.710. The van der Waals surface area contributed by atoms with Crippen LogP contribution in [0, 0.1) is 0 Å². The van der Waals surface area contributed by atoms with Crippen LogP contribution in [-0.2, 0) is 6.18 Å². The van der Waals surface area contributed by atoms with Gasteiger partial charge in [0.25, 0.3) is 0 Å². The molecule has 6 heteroatoms. The standard InChI is InChI=1S/C12H13ClF3N.ClH/c1-2-3-7-10(17)11-8(12(14,15)16)5-4-6-9(11)13;/h2,4-6,10H,1,3,7,17H2;1H/t10-;/m1./s1. The normalized spacial score (nSPS) is 12.7. The molecule has 102 valence electrons. The van der Waals surface area contributed by atoms with Gasteiger partial charge in [0, 0.05) is 11.1 Å². The summed E-state index contributed by atoms with van der Waals surface area (Å²) in [5, 5.41) is 0.0522. The zero-order chi connectivity index (χ0) is 13.1. The molecule has 0 fully saturated rings. The van der Waals surface area contributed by atoms with Gasteiger partial charge in [0.2, 0.25) is 0 Å². The van der Waals surface area contributed by atoms with Crippen LogP contribution in [0.25, 0.3) is 0 Å². The molecule has 0 aliphatic heterocycles. The Labute approximate surface area is 115 Å². The predicted molar refractivity (Wildman–Crippen MR) is 70.1 cm³/mol. The molecule has 0 heterocycles. The lowest BCUT2D eigenvalue weighted by molar-refractivity contribution is -0.138. The Bertz CT molecular complexity index is 405. The predicted octanol–water partition coefficient (Wildman–Crippen LogP) is 4.75. The molecule has 0 aliphatic carbocycles. The van der Waals surface area contributed by atoms with E-state index in [4.69, 9.17) is 17.3 Å². The topological polar surface area (TPSA) is 26.0 Å². The van der Waals surface area contributed by atoms with Crippen LogP contribution in [0.2, 0.25) is 5.02 Å². The highest BCUT2D eigenvalue weighted by atomic mass is 35.5. The van der Waals surface area contributed by atoms with E-state index in [1.807, 2.05) is 0 Å². The maximum absolute atomic E-state index is 12.8. The summed E-state index contributed by atoms with van der Waals surface area (Å²) in [6.07, 6.45) is -1.89. The van der Waals surface area contributed by atoms with Gasteiger partial charge in [-0.05, 0) is 30.5 Å². The Morgan fingerprint density at radius 2 is 2.00 bits per heavy atom. The molecule has 0 unspecified atom stereocenters. The molecule has 1 aromatic carbocycles. The molecule has 1 rings (SSSR count). The third kappa shape index (κ3) is 4.19. The molecule has 0 radical (unpaired) electrons. The van der Waals surface area contributed by atoms with Gasteiger partial charge in [-0.25, -0.2) is 0 Å².